The highest BCUT2D eigenvalue weighted by molar-refractivity contribution is 6.16. The van der Waals surface area contributed by atoms with Crippen LogP contribution in [0.1, 0.15) is 51.2 Å². The van der Waals surface area contributed by atoms with E-state index in [1.807, 2.05) is 49.5 Å². The highest BCUT2D eigenvalue weighted by Gasteiger charge is 2.25. The van der Waals surface area contributed by atoms with Gasteiger partial charge in [0.05, 0.1) is 12.3 Å². The number of hydrogen-bond donors (Lipinski definition) is 2. The molecule has 3 rings (SSSR count). The minimum Gasteiger partial charge on any atom is -0.370 e. The van der Waals surface area contributed by atoms with E-state index in [1.54, 1.807) is 6.92 Å². The summed E-state index contributed by atoms with van der Waals surface area (Å²) in [5.41, 5.74) is 3.95. The van der Waals surface area contributed by atoms with E-state index in [-0.39, 0.29) is 11.8 Å². The number of nitrogens with one attached hydrogen (secondary N) is 2. The molecular weight excluding hydrogens is 400 g/mol. The van der Waals surface area contributed by atoms with Crippen molar-refractivity contribution < 1.29 is 9.59 Å². The third-order valence-electron chi connectivity index (χ3n) is 5.61. The zero-order valence-electron chi connectivity index (χ0n) is 19.5. The first-order valence-electron chi connectivity index (χ1n) is 11.4. The zero-order valence-corrected chi connectivity index (χ0v) is 19.5. The van der Waals surface area contributed by atoms with Crippen LogP contribution in [-0.2, 0) is 9.59 Å². The Morgan fingerprint density at radius 1 is 1.06 bits per heavy atom. The molecule has 0 saturated heterocycles. The molecule has 0 bridgehead atoms. The first-order valence-corrected chi connectivity index (χ1v) is 11.4. The van der Waals surface area contributed by atoms with Gasteiger partial charge in [0.2, 0.25) is 11.8 Å². The molecule has 0 unspecified atom stereocenters. The van der Waals surface area contributed by atoms with Gasteiger partial charge in [-0.1, -0.05) is 68.8 Å². The molecule has 2 aromatic rings. The van der Waals surface area contributed by atoms with Crippen molar-refractivity contribution in [3.05, 3.63) is 65.7 Å². The Kier molecular flexibility index (Phi) is 8.03. The molecule has 0 fully saturated rings. The predicted octanol–water partition coefficient (Wildman–Crippen LogP) is 3.75. The largest absolute Gasteiger partial charge is 0.370 e. The van der Waals surface area contributed by atoms with Gasteiger partial charge in [-0.15, -0.1) is 0 Å². The Morgan fingerprint density at radius 3 is 2.47 bits per heavy atom. The van der Waals surface area contributed by atoms with Crippen LogP contribution in [-0.4, -0.2) is 43.3 Å². The number of nitrogens with zero attached hydrogens (tertiary/aromatic N) is 2. The SMILES string of the molecule is CC(C)CCCC(=O)N[C@@H](C)C(=O)N[C@@H]1CN(C)c2ccccc2C(c2ccccc2)=N1. The van der Waals surface area contributed by atoms with Crippen molar-refractivity contribution in [3.63, 3.8) is 0 Å². The highest BCUT2D eigenvalue weighted by Crippen LogP contribution is 2.26. The Hall–Kier alpha value is -3.15. The normalized spacial score (nSPS) is 16.6. The van der Waals surface area contributed by atoms with E-state index in [4.69, 9.17) is 4.99 Å². The summed E-state index contributed by atoms with van der Waals surface area (Å²) in [4.78, 5) is 32.1. The number of para-hydroxylation sites is 1. The molecule has 0 radical (unpaired) electrons. The molecule has 2 amide bonds. The van der Waals surface area contributed by atoms with Crippen LogP contribution in [0, 0.1) is 5.92 Å². The summed E-state index contributed by atoms with van der Waals surface area (Å²) in [6, 6.07) is 17.5. The van der Waals surface area contributed by atoms with Crippen molar-refractivity contribution in [2.75, 3.05) is 18.5 Å². The van der Waals surface area contributed by atoms with Crippen molar-refractivity contribution in [1.82, 2.24) is 10.6 Å². The number of rotatable bonds is 8. The topological polar surface area (TPSA) is 73.8 Å². The minimum atomic E-state index is -0.618. The van der Waals surface area contributed by atoms with E-state index in [1.165, 1.54) is 0 Å². The lowest BCUT2D eigenvalue weighted by Crippen LogP contribution is -2.50. The van der Waals surface area contributed by atoms with Crippen LogP contribution in [0.2, 0.25) is 0 Å². The fraction of sp³-hybridized carbons (Fsp3) is 0.423. The van der Waals surface area contributed by atoms with Gasteiger partial charge in [0.15, 0.2) is 0 Å². The molecule has 2 aromatic carbocycles. The van der Waals surface area contributed by atoms with Gasteiger partial charge in [0.1, 0.15) is 12.2 Å². The van der Waals surface area contributed by atoms with E-state index in [0.717, 1.165) is 35.4 Å². The van der Waals surface area contributed by atoms with Crippen LogP contribution in [0.15, 0.2) is 59.6 Å². The fourth-order valence-electron chi connectivity index (χ4n) is 3.87. The number of anilines is 1. The first kappa shape index (κ1) is 23.5. The van der Waals surface area contributed by atoms with Crippen molar-refractivity contribution in [2.24, 2.45) is 10.9 Å². The lowest BCUT2D eigenvalue weighted by atomic mass is 10.0. The third kappa shape index (κ3) is 6.19. The van der Waals surface area contributed by atoms with Crippen molar-refractivity contribution >= 4 is 23.2 Å². The summed E-state index contributed by atoms with van der Waals surface area (Å²) in [6.07, 6.45) is 1.83. The maximum Gasteiger partial charge on any atom is 0.243 e. The smallest absolute Gasteiger partial charge is 0.243 e. The third-order valence-corrected chi connectivity index (χ3v) is 5.61. The fourth-order valence-corrected chi connectivity index (χ4v) is 3.87. The quantitative estimate of drug-likeness (QED) is 0.665. The number of hydrogen-bond acceptors (Lipinski definition) is 4. The van der Waals surface area contributed by atoms with Crippen molar-refractivity contribution in [2.45, 2.75) is 52.2 Å². The summed E-state index contributed by atoms with van der Waals surface area (Å²) < 4.78 is 0. The van der Waals surface area contributed by atoms with E-state index in [2.05, 4.69) is 41.5 Å². The van der Waals surface area contributed by atoms with Gasteiger partial charge in [0, 0.05) is 30.3 Å². The average molecular weight is 435 g/mol. The number of benzene rings is 2. The number of carbonyl (C=O) groups is 2. The Bertz CT molecular complexity index is 955. The van der Waals surface area contributed by atoms with E-state index in [9.17, 15) is 9.59 Å². The van der Waals surface area contributed by atoms with Gasteiger partial charge >= 0.3 is 0 Å². The maximum atomic E-state index is 12.9. The van der Waals surface area contributed by atoms with Gasteiger partial charge in [0.25, 0.3) is 0 Å². The molecule has 6 heteroatoms. The molecule has 2 atom stereocenters. The van der Waals surface area contributed by atoms with Gasteiger partial charge in [-0.25, -0.2) is 0 Å². The molecule has 0 spiro atoms. The number of benzodiazepines with no additional fused rings is 1. The number of likely N-dealkylation sites (N-methyl/N-ethyl adjacent to an activating group) is 1. The average Bonchev–Trinajstić information content (AvgIpc) is 2.90. The molecule has 0 saturated carbocycles. The zero-order chi connectivity index (χ0) is 23.1. The molecule has 1 aliphatic heterocycles. The predicted molar refractivity (Wildman–Crippen MR) is 130 cm³/mol. The first-order chi connectivity index (χ1) is 15.3. The van der Waals surface area contributed by atoms with Crippen LogP contribution < -0.4 is 15.5 Å². The van der Waals surface area contributed by atoms with Crippen LogP contribution in [0.25, 0.3) is 0 Å². The number of carbonyl (C=O) groups excluding carboxylic acids is 2. The van der Waals surface area contributed by atoms with Gasteiger partial charge in [-0.3, -0.25) is 14.6 Å². The summed E-state index contributed by atoms with van der Waals surface area (Å²) in [6.45, 7) is 6.53. The summed E-state index contributed by atoms with van der Waals surface area (Å²) in [5, 5.41) is 5.84. The van der Waals surface area contributed by atoms with Gasteiger partial charge < -0.3 is 15.5 Å². The lowest BCUT2D eigenvalue weighted by molar-refractivity contribution is -0.129. The summed E-state index contributed by atoms with van der Waals surface area (Å²) >= 11 is 0. The molecular formula is C26H34N4O2. The minimum absolute atomic E-state index is 0.0906. The summed E-state index contributed by atoms with van der Waals surface area (Å²) in [5.74, 6) is 0.242. The van der Waals surface area contributed by atoms with E-state index in [0.29, 0.717) is 18.9 Å². The molecule has 32 heavy (non-hydrogen) atoms. The standard InChI is InChI=1S/C26H34N4O2/c1-18(2)11-10-16-24(31)27-19(3)26(32)29-23-17-30(4)22-15-9-8-14-21(22)25(28-23)20-12-6-5-7-13-20/h5-9,12-15,18-19,23H,10-11,16-17H2,1-4H3,(H,27,31)(H,29,32)/t19-,23+/m0/s1. The Labute approximate surface area is 191 Å². The summed E-state index contributed by atoms with van der Waals surface area (Å²) in [7, 11) is 2.00. The van der Waals surface area contributed by atoms with E-state index >= 15 is 0 Å². The second kappa shape index (κ2) is 10.9. The molecule has 170 valence electrons. The molecule has 6 nitrogen and oxygen atoms in total. The van der Waals surface area contributed by atoms with Crippen LogP contribution in [0.3, 0.4) is 0 Å². The van der Waals surface area contributed by atoms with Gasteiger partial charge in [-0.05, 0) is 25.3 Å². The molecule has 1 aliphatic rings. The Balaban J connectivity index is 1.73. The second-order valence-corrected chi connectivity index (χ2v) is 8.84. The van der Waals surface area contributed by atoms with Crippen LogP contribution in [0.4, 0.5) is 5.69 Å². The van der Waals surface area contributed by atoms with Gasteiger partial charge in [-0.2, -0.15) is 0 Å². The second-order valence-electron chi connectivity index (χ2n) is 8.84. The monoisotopic (exact) mass is 434 g/mol. The molecule has 1 heterocycles. The molecule has 2 N–H and O–H groups in total. The molecule has 0 aliphatic carbocycles. The van der Waals surface area contributed by atoms with Crippen LogP contribution >= 0.6 is 0 Å². The van der Waals surface area contributed by atoms with Crippen LogP contribution in [0.5, 0.6) is 0 Å². The Morgan fingerprint density at radius 2 is 1.75 bits per heavy atom. The number of amides is 2. The maximum absolute atomic E-state index is 12.9. The molecule has 0 aromatic heterocycles. The van der Waals surface area contributed by atoms with Crippen molar-refractivity contribution in [3.8, 4) is 0 Å². The van der Waals surface area contributed by atoms with E-state index < -0.39 is 12.2 Å². The highest BCUT2D eigenvalue weighted by atomic mass is 16.2. The lowest BCUT2D eigenvalue weighted by Gasteiger charge is -2.24. The number of fused-ring (bicyclic) bond motifs is 1. The van der Waals surface area contributed by atoms with Crippen molar-refractivity contribution in [1.29, 1.82) is 0 Å². The number of aliphatic imine (C=N–C) groups is 1.